The Morgan fingerprint density at radius 3 is 2.86 bits per heavy atom. The van der Waals surface area contributed by atoms with E-state index >= 15 is 0 Å². The van der Waals surface area contributed by atoms with E-state index in [1.165, 1.54) is 29.9 Å². The van der Waals surface area contributed by atoms with E-state index in [4.69, 9.17) is 21.1 Å². The minimum atomic E-state index is -3.92. The molecule has 0 bridgehead atoms. The zero-order chi connectivity index (χ0) is 20.1. The molecule has 150 valence electrons. The number of rotatable bonds is 2. The van der Waals surface area contributed by atoms with Crippen molar-refractivity contribution in [1.29, 1.82) is 0 Å². The normalized spacial score (nSPS) is 23.1. The smallest absolute Gasteiger partial charge is 0.276 e. The van der Waals surface area contributed by atoms with Crippen LogP contribution < -0.4 is 14.8 Å². The number of carbonyl (C=O) groups excluding carboxylic acids is 1. The lowest BCUT2D eigenvalue weighted by Crippen LogP contribution is -2.51. The lowest BCUT2D eigenvalue weighted by Gasteiger charge is -2.25. The molecule has 2 N–H and O–H groups in total. The van der Waals surface area contributed by atoms with E-state index in [0.717, 1.165) is 6.07 Å². The van der Waals surface area contributed by atoms with Crippen molar-refractivity contribution in [1.82, 2.24) is 9.29 Å². The molecule has 1 amide bonds. The van der Waals surface area contributed by atoms with Gasteiger partial charge in [0, 0.05) is 25.5 Å². The number of aromatic nitrogens is 1. The third-order valence-corrected chi connectivity index (χ3v) is 6.59. The van der Waals surface area contributed by atoms with Crippen LogP contribution in [0.5, 0.6) is 5.75 Å². The number of nitrogens with zero attached hydrogens (tertiary/aromatic N) is 1. The SMILES string of the molecule is Cn1cc2c(c1C(=O)Nc1ccc(F)c(Cl)c1)OCC1(CCOC1)NS2(=O)=O. The highest BCUT2D eigenvalue weighted by Crippen LogP contribution is 2.36. The summed E-state index contributed by atoms with van der Waals surface area (Å²) in [7, 11) is -2.38. The van der Waals surface area contributed by atoms with Crippen LogP contribution >= 0.6 is 11.6 Å². The number of benzene rings is 1. The van der Waals surface area contributed by atoms with Crippen molar-refractivity contribution in [3.05, 3.63) is 40.9 Å². The van der Waals surface area contributed by atoms with Crippen LogP contribution in [0.25, 0.3) is 0 Å². The average Bonchev–Trinajstić information content (AvgIpc) is 3.18. The molecule has 0 saturated carbocycles. The summed E-state index contributed by atoms with van der Waals surface area (Å²) in [6.45, 7) is 0.646. The Morgan fingerprint density at radius 2 is 2.18 bits per heavy atom. The van der Waals surface area contributed by atoms with Gasteiger partial charge in [0.1, 0.15) is 17.3 Å². The van der Waals surface area contributed by atoms with Gasteiger partial charge < -0.3 is 19.4 Å². The number of fused-ring (bicyclic) bond motifs is 1. The van der Waals surface area contributed by atoms with Crippen LogP contribution in [0, 0.1) is 5.82 Å². The fourth-order valence-corrected chi connectivity index (χ4v) is 5.09. The molecule has 1 unspecified atom stereocenters. The number of ether oxygens (including phenoxy) is 2. The first-order valence-electron chi connectivity index (χ1n) is 8.41. The molecule has 1 atom stereocenters. The Hall–Kier alpha value is -2.14. The monoisotopic (exact) mass is 429 g/mol. The molecule has 2 aliphatic rings. The van der Waals surface area contributed by atoms with E-state index in [0.29, 0.717) is 13.0 Å². The van der Waals surface area contributed by atoms with Crippen LogP contribution in [0.4, 0.5) is 10.1 Å². The van der Waals surface area contributed by atoms with Gasteiger partial charge in [0.25, 0.3) is 5.91 Å². The first-order chi connectivity index (χ1) is 13.2. The van der Waals surface area contributed by atoms with Gasteiger partial charge in [0.2, 0.25) is 10.0 Å². The lowest BCUT2D eigenvalue weighted by molar-refractivity contribution is 0.101. The maximum absolute atomic E-state index is 13.3. The molecule has 11 heteroatoms. The number of nitrogens with one attached hydrogen (secondary N) is 2. The molecule has 1 fully saturated rings. The predicted octanol–water partition coefficient (Wildman–Crippen LogP) is 1.90. The topological polar surface area (TPSA) is 98.7 Å². The third kappa shape index (κ3) is 3.26. The highest BCUT2D eigenvalue weighted by molar-refractivity contribution is 7.89. The van der Waals surface area contributed by atoms with Crippen LogP contribution in [-0.4, -0.2) is 44.3 Å². The van der Waals surface area contributed by atoms with Gasteiger partial charge in [-0.15, -0.1) is 0 Å². The Kier molecular flexibility index (Phi) is 4.61. The molecule has 8 nitrogen and oxygen atoms in total. The fourth-order valence-electron chi connectivity index (χ4n) is 3.32. The van der Waals surface area contributed by atoms with Gasteiger partial charge in [-0.2, -0.15) is 4.72 Å². The van der Waals surface area contributed by atoms with Crippen LogP contribution in [-0.2, 0) is 21.8 Å². The zero-order valence-corrected chi connectivity index (χ0v) is 16.4. The number of halogens is 2. The summed E-state index contributed by atoms with van der Waals surface area (Å²) >= 11 is 5.74. The summed E-state index contributed by atoms with van der Waals surface area (Å²) in [5, 5.41) is 2.44. The number of anilines is 1. The van der Waals surface area contributed by atoms with Crippen molar-refractivity contribution in [3.63, 3.8) is 0 Å². The van der Waals surface area contributed by atoms with Crippen molar-refractivity contribution >= 4 is 33.2 Å². The summed E-state index contributed by atoms with van der Waals surface area (Å²) in [4.78, 5) is 12.7. The zero-order valence-electron chi connectivity index (χ0n) is 14.8. The first kappa shape index (κ1) is 19.2. The summed E-state index contributed by atoms with van der Waals surface area (Å²) < 4.78 is 54.1. The van der Waals surface area contributed by atoms with E-state index < -0.39 is 27.3 Å². The first-order valence-corrected chi connectivity index (χ1v) is 10.3. The summed E-state index contributed by atoms with van der Waals surface area (Å²) in [5.41, 5.74) is -0.569. The molecule has 0 aliphatic carbocycles. The van der Waals surface area contributed by atoms with Crippen molar-refractivity contribution in [2.75, 3.05) is 25.1 Å². The van der Waals surface area contributed by atoms with Crippen molar-refractivity contribution in [2.45, 2.75) is 16.9 Å². The quantitative estimate of drug-likeness (QED) is 0.759. The van der Waals surface area contributed by atoms with Gasteiger partial charge in [-0.25, -0.2) is 12.8 Å². The maximum atomic E-state index is 13.3. The predicted molar refractivity (Wildman–Crippen MR) is 98.8 cm³/mol. The molecular weight excluding hydrogens is 413 g/mol. The van der Waals surface area contributed by atoms with Crippen molar-refractivity contribution in [3.8, 4) is 5.75 Å². The standard InChI is InChI=1S/C17H17ClFN3O5S/c1-22-7-13-15(27-9-17(4-5-26-8-17)21-28(13,24)25)14(22)16(23)20-10-2-3-12(19)11(18)6-10/h2-3,6-7,21H,4-5,8-9H2,1H3,(H,20,23). The molecular formula is C17H17ClFN3O5S. The largest absolute Gasteiger partial charge is 0.488 e. The van der Waals surface area contributed by atoms with Crippen molar-refractivity contribution < 1.29 is 27.1 Å². The molecule has 1 aromatic heterocycles. The molecule has 4 rings (SSSR count). The number of hydrogen-bond acceptors (Lipinski definition) is 5. The molecule has 1 spiro atoms. The number of aryl methyl sites for hydroxylation is 1. The highest BCUT2D eigenvalue weighted by atomic mass is 35.5. The molecule has 2 aromatic rings. The fraction of sp³-hybridized carbons (Fsp3) is 0.353. The Balaban J connectivity index is 1.69. The summed E-state index contributed by atoms with van der Waals surface area (Å²) in [6, 6.07) is 3.74. The number of amides is 1. The van der Waals surface area contributed by atoms with Crippen LogP contribution in [0.2, 0.25) is 5.02 Å². The Morgan fingerprint density at radius 1 is 1.39 bits per heavy atom. The molecule has 2 aliphatic heterocycles. The van der Waals surface area contributed by atoms with Crippen LogP contribution in [0.3, 0.4) is 0 Å². The molecule has 28 heavy (non-hydrogen) atoms. The number of sulfonamides is 1. The number of carbonyl (C=O) groups is 1. The van der Waals surface area contributed by atoms with E-state index in [1.54, 1.807) is 0 Å². The minimum absolute atomic E-state index is 0.0248. The molecule has 1 saturated heterocycles. The van der Waals surface area contributed by atoms with E-state index in [9.17, 15) is 17.6 Å². The molecule has 3 heterocycles. The second-order valence-corrected chi connectivity index (χ2v) is 8.90. The Labute approximate surface area is 165 Å². The average molecular weight is 430 g/mol. The second-order valence-electron chi connectivity index (χ2n) is 6.84. The van der Waals surface area contributed by atoms with Gasteiger partial charge in [0.05, 0.1) is 17.2 Å². The third-order valence-electron chi connectivity index (χ3n) is 4.73. The lowest BCUT2D eigenvalue weighted by atomic mass is 10.0. The summed E-state index contributed by atoms with van der Waals surface area (Å²) in [5.74, 6) is -1.26. The van der Waals surface area contributed by atoms with Gasteiger partial charge >= 0.3 is 0 Å². The van der Waals surface area contributed by atoms with Gasteiger partial charge in [-0.05, 0) is 24.6 Å². The van der Waals surface area contributed by atoms with Crippen LogP contribution in [0.15, 0.2) is 29.3 Å². The van der Waals surface area contributed by atoms with Crippen LogP contribution in [0.1, 0.15) is 16.9 Å². The molecule has 1 aromatic carbocycles. The van der Waals surface area contributed by atoms with Gasteiger partial charge in [-0.3, -0.25) is 4.79 Å². The highest BCUT2D eigenvalue weighted by Gasteiger charge is 2.45. The van der Waals surface area contributed by atoms with E-state index in [1.807, 2.05) is 0 Å². The summed E-state index contributed by atoms with van der Waals surface area (Å²) in [6.07, 6.45) is 1.79. The van der Waals surface area contributed by atoms with E-state index in [2.05, 4.69) is 10.0 Å². The minimum Gasteiger partial charge on any atom is -0.488 e. The number of hydrogen-bond donors (Lipinski definition) is 2. The van der Waals surface area contributed by atoms with E-state index in [-0.39, 0.29) is 40.3 Å². The van der Waals surface area contributed by atoms with Crippen molar-refractivity contribution in [2.24, 2.45) is 7.05 Å². The molecule has 0 radical (unpaired) electrons. The van der Waals surface area contributed by atoms with Gasteiger partial charge in [0.15, 0.2) is 11.4 Å². The maximum Gasteiger partial charge on any atom is 0.276 e. The Bertz CT molecular complexity index is 1060. The van der Waals surface area contributed by atoms with Gasteiger partial charge in [-0.1, -0.05) is 11.6 Å². The second kappa shape index (κ2) is 6.73.